The van der Waals surface area contributed by atoms with E-state index < -0.39 is 5.69 Å². The Morgan fingerprint density at radius 1 is 1.09 bits per heavy atom. The molecule has 3 aliphatic carbocycles. The lowest BCUT2D eigenvalue weighted by Crippen LogP contribution is -2.26. The van der Waals surface area contributed by atoms with Gasteiger partial charge in [-0.15, -0.1) is 0 Å². The molecule has 5 unspecified atom stereocenters. The van der Waals surface area contributed by atoms with Gasteiger partial charge in [0.1, 0.15) is 0 Å². The van der Waals surface area contributed by atoms with E-state index in [9.17, 15) is 0 Å². The molecule has 2 saturated carbocycles. The zero-order valence-electron chi connectivity index (χ0n) is 14.8. The second-order valence-electron chi connectivity index (χ2n) is 8.27. The van der Waals surface area contributed by atoms with Crippen LogP contribution in [0.2, 0.25) is 0 Å². The van der Waals surface area contributed by atoms with Crippen LogP contribution in [0.25, 0.3) is 0 Å². The van der Waals surface area contributed by atoms with Gasteiger partial charge in [-0.2, -0.15) is 0 Å². The van der Waals surface area contributed by atoms with Crippen molar-refractivity contribution in [2.24, 2.45) is 35.5 Å². The quantitative estimate of drug-likeness (QED) is 0.389. The van der Waals surface area contributed by atoms with Gasteiger partial charge in [-0.3, -0.25) is 0 Å². The van der Waals surface area contributed by atoms with E-state index in [2.05, 4.69) is 39.8 Å². The summed E-state index contributed by atoms with van der Waals surface area (Å²) in [5, 5.41) is 0.647. The van der Waals surface area contributed by atoms with Crippen LogP contribution in [0.15, 0.2) is 12.2 Å². The molecular formula is C18H31O2PS2. The summed E-state index contributed by atoms with van der Waals surface area (Å²) in [5.74, 6) is 4.47. The van der Waals surface area contributed by atoms with Crippen LogP contribution in [0, 0.1) is 35.5 Å². The topological polar surface area (TPSA) is 18.5 Å². The third kappa shape index (κ3) is 4.26. The van der Waals surface area contributed by atoms with Gasteiger partial charge >= 0.3 is 0 Å². The zero-order valence-corrected chi connectivity index (χ0v) is 17.3. The predicted octanol–water partition coefficient (Wildman–Crippen LogP) is 5.89. The highest BCUT2D eigenvalue weighted by Crippen LogP contribution is 2.70. The first-order chi connectivity index (χ1) is 10.9. The summed E-state index contributed by atoms with van der Waals surface area (Å²) in [4.78, 5) is 0. The minimum atomic E-state index is -2.22. The fourth-order valence-corrected chi connectivity index (χ4v) is 10.4. The molecule has 3 rings (SSSR count). The van der Waals surface area contributed by atoms with Crippen molar-refractivity contribution in [1.82, 2.24) is 0 Å². The molecule has 2 bridgehead atoms. The van der Waals surface area contributed by atoms with Gasteiger partial charge in [-0.05, 0) is 66.6 Å². The van der Waals surface area contributed by atoms with E-state index in [4.69, 9.17) is 20.9 Å². The Labute approximate surface area is 151 Å². The van der Waals surface area contributed by atoms with Gasteiger partial charge in [-0.1, -0.05) is 51.2 Å². The van der Waals surface area contributed by atoms with E-state index in [0.29, 0.717) is 17.1 Å². The van der Waals surface area contributed by atoms with Crippen LogP contribution >= 0.6 is 17.1 Å². The maximum Gasteiger partial charge on any atom is 0.247 e. The molecule has 23 heavy (non-hydrogen) atoms. The number of allylic oxidation sites excluding steroid dienone is 2. The van der Waals surface area contributed by atoms with Gasteiger partial charge in [0, 0.05) is 5.25 Å². The Balaban J connectivity index is 1.64. The molecule has 5 atom stereocenters. The smallest absolute Gasteiger partial charge is 0.247 e. The molecule has 3 aliphatic rings. The van der Waals surface area contributed by atoms with Crippen molar-refractivity contribution in [2.45, 2.75) is 52.2 Å². The number of fused-ring (bicyclic) bond motifs is 5. The number of hydrogen-bond acceptors (Lipinski definition) is 4. The van der Waals surface area contributed by atoms with Gasteiger partial charge in [-0.25, -0.2) is 0 Å². The molecule has 2 fully saturated rings. The molecule has 0 saturated heterocycles. The van der Waals surface area contributed by atoms with Crippen molar-refractivity contribution >= 4 is 28.9 Å². The van der Waals surface area contributed by atoms with Gasteiger partial charge in [0.15, 0.2) is 0 Å². The predicted molar refractivity (Wildman–Crippen MR) is 104 cm³/mol. The van der Waals surface area contributed by atoms with Gasteiger partial charge in [0.05, 0.1) is 13.2 Å². The maximum atomic E-state index is 6.17. The summed E-state index contributed by atoms with van der Waals surface area (Å²) in [5.41, 5.74) is -2.22. The summed E-state index contributed by atoms with van der Waals surface area (Å²) in [6, 6.07) is 0. The Hall–Kier alpha value is 0.660. The summed E-state index contributed by atoms with van der Waals surface area (Å²) in [7, 11) is 0. The molecule has 0 spiro atoms. The van der Waals surface area contributed by atoms with Crippen LogP contribution < -0.4 is 0 Å². The monoisotopic (exact) mass is 374 g/mol. The maximum absolute atomic E-state index is 6.17. The van der Waals surface area contributed by atoms with Crippen molar-refractivity contribution in [1.29, 1.82) is 0 Å². The Morgan fingerprint density at radius 3 is 2.35 bits per heavy atom. The highest BCUT2D eigenvalue weighted by Gasteiger charge is 2.53. The van der Waals surface area contributed by atoms with Crippen molar-refractivity contribution in [3.05, 3.63) is 12.2 Å². The molecule has 132 valence electrons. The Kier molecular flexibility index (Phi) is 6.01. The fraction of sp³-hybridized carbons (Fsp3) is 0.889. The zero-order chi connectivity index (χ0) is 16.6. The average Bonchev–Trinajstić information content (AvgIpc) is 3.15. The van der Waals surface area contributed by atoms with Crippen LogP contribution in [0.5, 0.6) is 0 Å². The third-order valence-corrected chi connectivity index (χ3v) is 11.0. The van der Waals surface area contributed by atoms with E-state index in [-0.39, 0.29) is 0 Å². The standard InChI is InChI=1S/C18H31O2PS2/c1-12(2)10-19-21(22,20-11-13(3)4)23-18-9-14-8-17(18)16-7-5-6-15(14)16/h5,7,12-18H,6,8-11H2,1-4H3. The molecule has 0 aromatic carbocycles. The molecule has 0 N–H and O–H groups in total. The van der Waals surface area contributed by atoms with Gasteiger partial charge in [0.25, 0.3) is 0 Å². The first-order valence-corrected chi connectivity index (χ1v) is 13.2. The minimum absolute atomic E-state index is 0.503. The highest BCUT2D eigenvalue weighted by molar-refractivity contribution is 8.68. The van der Waals surface area contributed by atoms with E-state index in [1.165, 1.54) is 19.3 Å². The minimum Gasteiger partial charge on any atom is -0.321 e. The van der Waals surface area contributed by atoms with Crippen LogP contribution in [0.4, 0.5) is 0 Å². The number of rotatable bonds is 8. The average molecular weight is 375 g/mol. The van der Waals surface area contributed by atoms with E-state index in [1.807, 2.05) is 11.4 Å². The van der Waals surface area contributed by atoms with E-state index in [0.717, 1.165) is 36.9 Å². The molecule has 5 heteroatoms. The summed E-state index contributed by atoms with van der Waals surface area (Å²) in [6.45, 7) is 10.2. The fourth-order valence-electron chi connectivity index (χ4n) is 4.35. The van der Waals surface area contributed by atoms with Crippen molar-refractivity contribution in [2.75, 3.05) is 13.2 Å². The molecule has 0 aliphatic heterocycles. The SMILES string of the molecule is CC(C)COP(=S)(OCC(C)C)SC1CC2CC1C1C=CCC21. The highest BCUT2D eigenvalue weighted by atomic mass is 32.9. The summed E-state index contributed by atoms with van der Waals surface area (Å²) >= 11 is 7.82. The van der Waals surface area contributed by atoms with Crippen LogP contribution in [-0.4, -0.2) is 18.5 Å². The van der Waals surface area contributed by atoms with Crippen LogP contribution in [0.1, 0.15) is 47.0 Å². The summed E-state index contributed by atoms with van der Waals surface area (Å²) in [6.07, 6.45) is 8.93. The molecular weight excluding hydrogens is 343 g/mol. The van der Waals surface area contributed by atoms with Crippen molar-refractivity contribution < 1.29 is 9.05 Å². The Morgan fingerprint density at radius 2 is 1.74 bits per heavy atom. The molecule has 0 aromatic rings. The largest absolute Gasteiger partial charge is 0.321 e. The summed E-state index contributed by atoms with van der Waals surface area (Å²) < 4.78 is 12.3. The second kappa shape index (κ2) is 7.50. The molecule has 0 radical (unpaired) electrons. The third-order valence-electron chi connectivity index (χ3n) is 5.34. The Bertz CT molecular complexity index is 475. The normalized spacial score (nSPS) is 35.7. The van der Waals surface area contributed by atoms with Crippen LogP contribution in [0.3, 0.4) is 0 Å². The molecule has 0 amide bonds. The van der Waals surface area contributed by atoms with Gasteiger partial charge in [0.2, 0.25) is 5.69 Å². The second-order valence-corrected chi connectivity index (χ2v) is 14.7. The first-order valence-electron chi connectivity index (χ1n) is 9.12. The molecule has 2 nitrogen and oxygen atoms in total. The number of hydrogen-bond donors (Lipinski definition) is 0. The molecule has 0 aromatic heterocycles. The lowest BCUT2D eigenvalue weighted by Gasteiger charge is -2.34. The molecule has 0 heterocycles. The van der Waals surface area contributed by atoms with Crippen LogP contribution in [-0.2, 0) is 20.9 Å². The van der Waals surface area contributed by atoms with Crippen molar-refractivity contribution in [3.63, 3.8) is 0 Å². The van der Waals surface area contributed by atoms with Gasteiger partial charge < -0.3 is 9.05 Å². The van der Waals surface area contributed by atoms with E-state index >= 15 is 0 Å². The lowest BCUT2D eigenvalue weighted by atomic mass is 9.81. The van der Waals surface area contributed by atoms with Crippen molar-refractivity contribution in [3.8, 4) is 0 Å². The first kappa shape index (κ1) is 18.5. The van der Waals surface area contributed by atoms with E-state index in [1.54, 1.807) is 0 Å². The lowest BCUT2D eigenvalue weighted by molar-refractivity contribution is 0.218.